The third-order valence-electron chi connectivity index (χ3n) is 4.54. The number of aryl methyl sites for hydroxylation is 2. The van der Waals surface area contributed by atoms with E-state index < -0.39 is 0 Å². The fourth-order valence-corrected chi connectivity index (χ4v) is 3.46. The van der Waals surface area contributed by atoms with E-state index in [0.29, 0.717) is 0 Å². The van der Waals surface area contributed by atoms with E-state index in [4.69, 9.17) is 0 Å². The van der Waals surface area contributed by atoms with Gasteiger partial charge in [-0.2, -0.15) is 0 Å². The van der Waals surface area contributed by atoms with Crippen LogP contribution in [0, 0.1) is 13.8 Å². The number of hydrogen-bond donors (Lipinski definition) is 1. The van der Waals surface area contributed by atoms with Crippen molar-refractivity contribution in [2.24, 2.45) is 0 Å². The minimum atomic E-state index is 0.994. The Morgan fingerprint density at radius 1 is 1.10 bits per heavy atom. The van der Waals surface area contributed by atoms with Gasteiger partial charge in [-0.3, -0.25) is 0 Å². The van der Waals surface area contributed by atoms with Crippen molar-refractivity contribution in [3.63, 3.8) is 0 Å². The quantitative estimate of drug-likeness (QED) is 0.638. The van der Waals surface area contributed by atoms with E-state index >= 15 is 0 Å². The second kappa shape index (κ2) is 3.89. The summed E-state index contributed by atoms with van der Waals surface area (Å²) < 4.78 is 0. The zero-order chi connectivity index (χ0) is 13.9. The number of benzene rings is 2. The lowest BCUT2D eigenvalue weighted by molar-refractivity contribution is 0.446. The summed E-state index contributed by atoms with van der Waals surface area (Å²) in [5, 5.41) is 2.73. The summed E-state index contributed by atoms with van der Waals surface area (Å²) in [6.07, 6.45) is 4.41. The molecular formula is C18H18N2. The first-order chi connectivity index (χ1) is 9.66. The predicted molar refractivity (Wildman–Crippen MR) is 85.8 cm³/mol. The molecule has 0 saturated heterocycles. The van der Waals surface area contributed by atoms with Crippen LogP contribution in [0.15, 0.2) is 30.5 Å². The van der Waals surface area contributed by atoms with Crippen molar-refractivity contribution in [1.29, 1.82) is 0 Å². The van der Waals surface area contributed by atoms with Gasteiger partial charge in [-0.1, -0.05) is 18.2 Å². The van der Waals surface area contributed by atoms with Gasteiger partial charge < -0.3 is 9.88 Å². The standard InChI is InChI=1S/C18H18N2/c1-11-15-10-20(3)9-8-13(15)12(2)18-17(11)14-6-4-5-7-16(14)19-18/h4-9,19H,10H2,1-3H3. The second-order valence-corrected chi connectivity index (χ2v) is 5.79. The monoisotopic (exact) mass is 262 g/mol. The van der Waals surface area contributed by atoms with Crippen LogP contribution in [0.5, 0.6) is 0 Å². The molecule has 0 fully saturated rings. The molecule has 1 N–H and O–H groups in total. The molecule has 1 aliphatic heterocycles. The fraction of sp³-hybridized carbons (Fsp3) is 0.222. The lowest BCUT2D eigenvalue weighted by Gasteiger charge is -2.24. The molecule has 0 radical (unpaired) electrons. The number of fused-ring (bicyclic) bond motifs is 4. The van der Waals surface area contributed by atoms with E-state index in [1.54, 1.807) is 0 Å². The van der Waals surface area contributed by atoms with Crippen molar-refractivity contribution in [2.45, 2.75) is 20.4 Å². The highest BCUT2D eigenvalue weighted by Gasteiger charge is 2.19. The highest BCUT2D eigenvalue weighted by Crippen LogP contribution is 2.37. The summed E-state index contributed by atoms with van der Waals surface area (Å²) in [5.41, 5.74) is 8.14. The summed E-state index contributed by atoms with van der Waals surface area (Å²) in [6, 6.07) is 8.59. The Balaban J connectivity index is 2.22. The molecule has 0 aliphatic carbocycles. The number of nitrogens with zero attached hydrogens (tertiary/aromatic N) is 1. The molecule has 0 atom stereocenters. The van der Waals surface area contributed by atoms with Crippen molar-refractivity contribution in [3.8, 4) is 0 Å². The first-order valence-electron chi connectivity index (χ1n) is 7.07. The molecule has 3 aromatic rings. The maximum absolute atomic E-state index is 3.60. The third kappa shape index (κ3) is 1.39. The van der Waals surface area contributed by atoms with Gasteiger partial charge in [0.25, 0.3) is 0 Å². The first-order valence-corrected chi connectivity index (χ1v) is 7.07. The van der Waals surface area contributed by atoms with E-state index in [9.17, 15) is 0 Å². The number of aromatic nitrogens is 1. The Morgan fingerprint density at radius 3 is 2.75 bits per heavy atom. The molecule has 1 aliphatic rings. The molecule has 0 amide bonds. The first kappa shape index (κ1) is 11.6. The zero-order valence-corrected chi connectivity index (χ0v) is 12.1. The molecule has 2 heterocycles. The Hall–Kier alpha value is -2.22. The fourth-order valence-electron chi connectivity index (χ4n) is 3.46. The van der Waals surface area contributed by atoms with Crippen molar-refractivity contribution in [3.05, 3.63) is 52.7 Å². The molecule has 1 aromatic heterocycles. The van der Waals surface area contributed by atoms with Crippen molar-refractivity contribution in [2.75, 3.05) is 7.05 Å². The van der Waals surface area contributed by atoms with Crippen LogP contribution in [-0.2, 0) is 6.54 Å². The normalized spacial score (nSPS) is 14.2. The molecule has 2 aromatic carbocycles. The average molecular weight is 262 g/mol. The second-order valence-electron chi connectivity index (χ2n) is 5.79. The SMILES string of the molecule is Cc1c2c(c(C)c3c1[nH]c1ccccc13)CN(C)C=C2. The van der Waals surface area contributed by atoms with Crippen LogP contribution in [-0.4, -0.2) is 16.9 Å². The molecule has 2 nitrogen and oxygen atoms in total. The number of rotatable bonds is 0. The maximum Gasteiger partial charge on any atom is 0.0503 e. The highest BCUT2D eigenvalue weighted by atomic mass is 15.1. The zero-order valence-electron chi connectivity index (χ0n) is 12.1. The van der Waals surface area contributed by atoms with E-state index in [-0.39, 0.29) is 0 Å². The molecule has 0 unspecified atom stereocenters. The molecule has 4 rings (SSSR count). The van der Waals surface area contributed by atoms with Gasteiger partial charge >= 0.3 is 0 Å². The molecule has 2 heteroatoms. The number of hydrogen-bond acceptors (Lipinski definition) is 1. The summed E-state index contributed by atoms with van der Waals surface area (Å²) in [4.78, 5) is 5.85. The van der Waals surface area contributed by atoms with Gasteiger partial charge in [-0.15, -0.1) is 0 Å². The summed E-state index contributed by atoms with van der Waals surface area (Å²) in [6.45, 7) is 5.48. The summed E-state index contributed by atoms with van der Waals surface area (Å²) in [5.74, 6) is 0. The minimum Gasteiger partial charge on any atom is -0.376 e. The van der Waals surface area contributed by atoms with Gasteiger partial charge in [0.2, 0.25) is 0 Å². The van der Waals surface area contributed by atoms with E-state index in [2.05, 4.69) is 67.3 Å². The van der Waals surface area contributed by atoms with E-state index in [1.165, 1.54) is 44.1 Å². The molecule has 0 saturated carbocycles. The maximum atomic E-state index is 3.60. The van der Waals surface area contributed by atoms with E-state index in [1.807, 2.05) is 0 Å². The lowest BCUT2D eigenvalue weighted by atomic mass is 9.91. The van der Waals surface area contributed by atoms with Gasteiger partial charge in [-0.05, 0) is 54.4 Å². The largest absolute Gasteiger partial charge is 0.376 e. The minimum absolute atomic E-state index is 0.994. The third-order valence-corrected chi connectivity index (χ3v) is 4.54. The Kier molecular flexibility index (Phi) is 2.25. The Labute approximate surface area is 118 Å². The number of nitrogens with one attached hydrogen (secondary N) is 1. The van der Waals surface area contributed by atoms with Crippen LogP contribution in [0.1, 0.15) is 22.3 Å². The van der Waals surface area contributed by atoms with Crippen molar-refractivity contribution in [1.82, 2.24) is 9.88 Å². The van der Waals surface area contributed by atoms with Crippen LogP contribution < -0.4 is 0 Å². The molecule has 0 bridgehead atoms. The molecule has 0 spiro atoms. The van der Waals surface area contributed by atoms with Gasteiger partial charge in [0.1, 0.15) is 0 Å². The van der Waals surface area contributed by atoms with Gasteiger partial charge in [-0.25, -0.2) is 0 Å². The Morgan fingerprint density at radius 2 is 1.90 bits per heavy atom. The lowest BCUT2D eigenvalue weighted by Crippen LogP contribution is -2.16. The van der Waals surface area contributed by atoms with Crippen LogP contribution >= 0.6 is 0 Å². The number of aromatic amines is 1. The molecule has 20 heavy (non-hydrogen) atoms. The molecular weight excluding hydrogens is 244 g/mol. The topological polar surface area (TPSA) is 19.0 Å². The van der Waals surface area contributed by atoms with E-state index in [0.717, 1.165) is 6.54 Å². The summed E-state index contributed by atoms with van der Waals surface area (Å²) in [7, 11) is 2.13. The van der Waals surface area contributed by atoms with Crippen LogP contribution in [0.25, 0.3) is 27.9 Å². The number of H-pyrrole nitrogens is 1. The predicted octanol–water partition coefficient (Wildman–Crippen LogP) is 4.35. The van der Waals surface area contributed by atoms with Gasteiger partial charge in [0, 0.05) is 29.9 Å². The van der Waals surface area contributed by atoms with Crippen molar-refractivity contribution >= 4 is 27.9 Å². The molecule has 100 valence electrons. The van der Waals surface area contributed by atoms with Gasteiger partial charge in [0.15, 0.2) is 0 Å². The van der Waals surface area contributed by atoms with Crippen LogP contribution in [0.4, 0.5) is 0 Å². The Bertz CT molecular complexity index is 868. The number of para-hydroxylation sites is 1. The highest BCUT2D eigenvalue weighted by molar-refractivity contribution is 6.11. The van der Waals surface area contributed by atoms with Gasteiger partial charge in [0.05, 0.1) is 5.52 Å². The van der Waals surface area contributed by atoms with Crippen LogP contribution in [0.3, 0.4) is 0 Å². The van der Waals surface area contributed by atoms with Crippen molar-refractivity contribution < 1.29 is 0 Å². The summed E-state index contributed by atoms with van der Waals surface area (Å²) >= 11 is 0. The smallest absolute Gasteiger partial charge is 0.0503 e. The average Bonchev–Trinajstić information content (AvgIpc) is 2.84. The van der Waals surface area contributed by atoms with Crippen LogP contribution in [0.2, 0.25) is 0 Å².